The van der Waals surface area contributed by atoms with Gasteiger partial charge in [0.2, 0.25) is 21.8 Å². The van der Waals surface area contributed by atoms with Crippen molar-refractivity contribution >= 4 is 27.5 Å². The van der Waals surface area contributed by atoms with Crippen LogP contribution in [0.3, 0.4) is 0 Å². The fourth-order valence-electron chi connectivity index (χ4n) is 4.98. The molecule has 0 atom stereocenters. The highest BCUT2D eigenvalue weighted by Crippen LogP contribution is 2.42. The second-order valence-electron chi connectivity index (χ2n) is 10.5. The third-order valence-corrected chi connectivity index (χ3v) is 8.23. The topological polar surface area (TPSA) is 95.6 Å². The maximum absolute atomic E-state index is 13.6. The van der Waals surface area contributed by atoms with Crippen molar-refractivity contribution in [3.05, 3.63) is 72.8 Å². The van der Waals surface area contributed by atoms with Crippen molar-refractivity contribution in [3.8, 4) is 0 Å². The van der Waals surface area contributed by atoms with Gasteiger partial charge in [0.1, 0.15) is 0 Å². The molecule has 2 amide bonds. The monoisotopic (exact) mass is 497 g/mol. The van der Waals surface area contributed by atoms with Gasteiger partial charge in [-0.2, -0.15) is 4.31 Å². The van der Waals surface area contributed by atoms with E-state index in [1.54, 1.807) is 18.2 Å². The van der Waals surface area contributed by atoms with E-state index in [1.807, 2.05) is 58.0 Å². The number of hydrogen-bond donors (Lipinski definition) is 2. The van der Waals surface area contributed by atoms with Crippen LogP contribution in [-0.2, 0) is 26.0 Å². The van der Waals surface area contributed by atoms with Gasteiger partial charge in [-0.3, -0.25) is 9.59 Å². The summed E-state index contributed by atoms with van der Waals surface area (Å²) >= 11 is 0. The summed E-state index contributed by atoms with van der Waals surface area (Å²) in [5, 5.41) is 5.81. The van der Waals surface area contributed by atoms with Gasteiger partial charge in [0, 0.05) is 31.2 Å². The van der Waals surface area contributed by atoms with Crippen LogP contribution in [0.5, 0.6) is 0 Å². The van der Waals surface area contributed by atoms with Crippen LogP contribution in [0.15, 0.2) is 72.1 Å². The smallest absolute Gasteiger partial charge is 0.243 e. The lowest BCUT2D eigenvalue weighted by Crippen LogP contribution is -2.64. The average molecular weight is 498 g/mol. The number of hydrogen-bond acceptors (Lipinski definition) is 4. The molecule has 8 heteroatoms. The Morgan fingerprint density at radius 2 is 1.66 bits per heavy atom. The summed E-state index contributed by atoms with van der Waals surface area (Å²) in [6.45, 7) is 11.8. The summed E-state index contributed by atoms with van der Waals surface area (Å²) in [6.07, 6.45) is 2.13. The SMILES string of the molecule is C=CC(=O)NC1C(C)(C)CN(S(=O)(=O)c2cccc(NC(=O)CCc3ccccc3)c2)CC1(C)C. The molecule has 0 aliphatic carbocycles. The first-order chi connectivity index (χ1) is 16.3. The first-order valence-corrected chi connectivity index (χ1v) is 13.2. The zero-order chi connectivity index (χ0) is 25.9. The van der Waals surface area contributed by atoms with E-state index in [1.165, 1.54) is 16.4 Å². The lowest BCUT2D eigenvalue weighted by molar-refractivity contribution is -0.120. The Bertz CT molecular complexity index is 1170. The quantitative estimate of drug-likeness (QED) is 0.539. The molecule has 0 saturated carbocycles. The molecule has 0 unspecified atom stereocenters. The van der Waals surface area contributed by atoms with Crippen molar-refractivity contribution in [1.82, 2.24) is 9.62 Å². The molecule has 2 N–H and O–H groups in total. The van der Waals surface area contributed by atoms with Crippen LogP contribution in [-0.4, -0.2) is 43.7 Å². The number of aryl methyl sites for hydroxylation is 1. The van der Waals surface area contributed by atoms with Crippen LogP contribution < -0.4 is 10.6 Å². The Hall–Kier alpha value is -2.97. The summed E-state index contributed by atoms with van der Waals surface area (Å²) in [5.41, 5.74) is 0.473. The predicted molar refractivity (Wildman–Crippen MR) is 138 cm³/mol. The van der Waals surface area contributed by atoms with Crippen molar-refractivity contribution < 1.29 is 18.0 Å². The molecular weight excluding hydrogens is 462 g/mol. The van der Waals surface area contributed by atoms with Gasteiger partial charge < -0.3 is 10.6 Å². The van der Waals surface area contributed by atoms with E-state index in [9.17, 15) is 18.0 Å². The summed E-state index contributed by atoms with van der Waals surface area (Å²) in [5.74, 6) is -0.451. The Labute approximate surface area is 208 Å². The first kappa shape index (κ1) is 26.6. The zero-order valence-corrected chi connectivity index (χ0v) is 21.7. The fourth-order valence-corrected chi connectivity index (χ4v) is 6.81. The Kier molecular flexibility index (Phi) is 7.87. The normalized spacial score (nSPS) is 17.9. The summed E-state index contributed by atoms with van der Waals surface area (Å²) in [6, 6.07) is 15.9. The number of sulfonamides is 1. The zero-order valence-electron chi connectivity index (χ0n) is 20.9. The van der Waals surface area contributed by atoms with E-state index in [2.05, 4.69) is 17.2 Å². The van der Waals surface area contributed by atoms with Crippen molar-refractivity contribution in [2.24, 2.45) is 10.8 Å². The summed E-state index contributed by atoms with van der Waals surface area (Å²) in [4.78, 5) is 24.6. The van der Waals surface area contributed by atoms with Crippen molar-refractivity contribution in [1.29, 1.82) is 0 Å². The van der Waals surface area contributed by atoms with Crippen LogP contribution in [0.1, 0.15) is 39.7 Å². The first-order valence-electron chi connectivity index (χ1n) is 11.7. The number of anilines is 1. The lowest BCUT2D eigenvalue weighted by Gasteiger charge is -2.52. The summed E-state index contributed by atoms with van der Waals surface area (Å²) in [7, 11) is -3.83. The molecule has 1 heterocycles. The number of nitrogens with zero attached hydrogens (tertiary/aromatic N) is 1. The number of benzene rings is 2. The van der Waals surface area contributed by atoms with Crippen LogP contribution in [0, 0.1) is 10.8 Å². The van der Waals surface area contributed by atoms with Gasteiger partial charge >= 0.3 is 0 Å². The van der Waals surface area contributed by atoms with Crippen molar-refractivity contribution in [2.75, 3.05) is 18.4 Å². The van der Waals surface area contributed by atoms with E-state index in [0.717, 1.165) is 5.56 Å². The molecule has 0 aromatic heterocycles. The van der Waals surface area contributed by atoms with E-state index < -0.39 is 20.9 Å². The van der Waals surface area contributed by atoms with Crippen LogP contribution >= 0.6 is 0 Å². The van der Waals surface area contributed by atoms with Crippen LogP contribution in [0.4, 0.5) is 5.69 Å². The fraction of sp³-hybridized carbons (Fsp3) is 0.407. The predicted octanol–water partition coefficient (Wildman–Crippen LogP) is 3.99. The van der Waals surface area contributed by atoms with E-state index >= 15 is 0 Å². The number of nitrogens with one attached hydrogen (secondary N) is 2. The minimum atomic E-state index is -3.83. The third-order valence-electron chi connectivity index (χ3n) is 6.44. The molecule has 188 valence electrons. The number of carbonyl (C=O) groups excluding carboxylic acids is 2. The maximum atomic E-state index is 13.6. The van der Waals surface area contributed by atoms with Crippen LogP contribution in [0.2, 0.25) is 0 Å². The van der Waals surface area contributed by atoms with Crippen molar-refractivity contribution in [3.63, 3.8) is 0 Å². The van der Waals surface area contributed by atoms with Gasteiger partial charge in [-0.05, 0) is 47.1 Å². The van der Waals surface area contributed by atoms with E-state index in [0.29, 0.717) is 18.5 Å². The van der Waals surface area contributed by atoms with Gasteiger partial charge in [0.15, 0.2) is 0 Å². The molecule has 35 heavy (non-hydrogen) atoms. The molecule has 3 rings (SSSR count). The molecule has 1 aliphatic rings. The highest BCUT2D eigenvalue weighted by atomic mass is 32.2. The number of piperidine rings is 1. The Balaban J connectivity index is 1.75. The van der Waals surface area contributed by atoms with Crippen molar-refractivity contribution in [2.45, 2.75) is 51.5 Å². The second-order valence-corrected chi connectivity index (χ2v) is 12.4. The molecule has 7 nitrogen and oxygen atoms in total. The number of carbonyl (C=O) groups is 2. The third kappa shape index (κ3) is 6.38. The van der Waals surface area contributed by atoms with Gasteiger partial charge in [-0.25, -0.2) is 8.42 Å². The van der Waals surface area contributed by atoms with Crippen LogP contribution in [0.25, 0.3) is 0 Å². The highest BCUT2D eigenvalue weighted by Gasteiger charge is 2.50. The molecule has 1 aliphatic heterocycles. The molecular formula is C27H35N3O4S. The van der Waals surface area contributed by atoms with E-state index in [-0.39, 0.29) is 35.8 Å². The maximum Gasteiger partial charge on any atom is 0.243 e. The standard InChI is InChI=1S/C27H35N3O4S/c1-6-23(31)29-25-26(2,3)18-30(19-27(25,4)5)35(33,34)22-14-10-13-21(17-22)28-24(32)16-15-20-11-8-7-9-12-20/h6-14,17,25H,1,15-16,18-19H2,2-5H3,(H,28,32)(H,29,31). The Morgan fingerprint density at radius 3 is 2.26 bits per heavy atom. The van der Waals surface area contributed by atoms with Gasteiger partial charge in [-0.1, -0.05) is 70.7 Å². The van der Waals surface area contributed by atoms with Gasteiger partial charge in [0.05, 0.1) is 4.90 Å². The molecule has 0 radical (unpaired) electrons. The number of amides is 2. The minimum Gasteiger partial charge on any atom is -0.349 e. The Morgan fingerprint density at radius 1 is 1.03 bits per heavy atom. The highest BCUT2D eigenvalue weighted by molar-refractivity contribution is 7.89. The second kappa shape index (κ2) is 10.3. The molecule has 2 aromatic rings. The lowest BCUT2D eigenvalue weighted by atomic mass is 9.67. The number of rotatable bonds is 8. The van der Waals surface area contributed by atoms with Gasteiger partial charge in [0.25, 0.3) is 0 Å². The average Bonchev–Trinajstić information content (AvgIpc) is 2.80. The van der Waals surface area contributed by atoms with E-state index in [4.69, 9.17) is 0 Å². The minimum absolute atomic E-state index is 0.124. The van der Waals surface area contributed by atoms with Gasteiger partial charge in [-0.15, -0.1) is 0 Å². The molecule has 0 spiro atoms. The molecule has 1 saturated heterocycles. The largest absolute Gasteiger partial charge is 0.349 e. The molecule has 1 fully saturated rings. The summed E-state index contributed by atoms with van der Waals surface area (Å²) < 4.78 is 28.7. The molecule has 0 bridgehead atoms. The molecule has 2 aromatic carbocycles.